The normalized spacial score (nSPS) is 10.6. The van der Waals surface area contributed by atoms with E-state index in [4.69, 9.17) is 0 Å². The van der Waals surface area contributed by atoms with Gasteiger partial charge in [-0.1, -0.05) is 6.07 Å². The number of pyridine rings is 1. The highest BCUT2D eigenvalue weighted by Gasteiger charge is 2.14. The van der Waals surface area contributed by atoms with Gasteiger partial charge >= 0.3 is 0 Å². The zero-order valence-corrected chi connectivity index (χ0v) is 10.3. The SMILES string of the molecule is Cn1nccc1-c1nn(-c2ccccn2)cc1C=O. The number of rotatable bonds is 3. The minimum Gasteiger partial charge on any atom is -0.298 e. The maximum absolute atomic E-state index is 11.2. The summed E-state index contributed by atoms with van der Waals surface area (Å²) in [5, 5.41) is 8.50. The first-order valence-electron chi connectivity index (χ1n) is 5.74. The summed E-state index contributed by atoms with van der Waals surface area (Å²) in [6.07, 6.45) is 5.80. The lowest BCUT2D eigenvalue weighted by atomic mass is 10.2. The Bertz CT molecular complexity index is 714. The van der Waals surface area contributed by atoms with E-state index in [-0.39, 0.29) is 0 Å². The maximum atomic E-state index is 11.2. The molecular weight excluding hydrogens is 242 g/mol. The molecule has 0 unspecified atom stereocenters. The molecule has 3 aromatic heterocycles. The summed E-state index contributed by atoms with van der Waals surface area (Å²) < 4.78 is 3.27. The van der Waals surface area contributed by atoms with E-state index in [0.717, 1.165) is 12.0 Å². The molecule has 0 saturated carbocycles. The van der Waals surface area contributed by atoms with Gasteiger partial charge < -0.3 is 0 Å². The summed E-state index contributed by atoms with van der Waals surface area (Å²) in [5.74, 6) is 0.666. The molecule has 19 heavy (non-hydrogen) atoms. The molecule has 94 valence electrons. The lowest BCUT2D eigenvalue weighted by Gasteiger charge is -1.99. The van der Waals surface area contributed by atoms with Crippen molar-refractivity contribution < 1.29 is 4.79 Å². The minimum absolute atomic E-state index is 0.509. The number of carbonyl (C=O) groups excluding carboxylic acids is 1. The van der Waals surface area contributed by atoms with Crippen LogP contribution in [0.3, 0.4) is 0 Å². The van der Waals surface area contributed by atoms with Gasteiger partial charge in [0.25, 0.3) is 0 Å². The van der Waals surface area contributed by atoms with Crippen molar-refractivity contribution in [1.29, 1.82) is 0 Å². The van der Waals surface area contributed by atoms with Crippen molar-refractivity contribution in [1.82, 2.24) is 24.5 Å². The van der Waals surface area contributed by atoms with Crippen molar-refractivity contribution in [2.45, 2.75) is 0 Å². The van der Waals surface area contributed by atoms with Crippen molar-refractivity contribution in [2.24, 2.45) is 7.05 Å². The molecule has 0 aliphatic carbocycles. The molecule has 0 aromatic carbocycles. The second-order valence-electron chi connectivity index (χ2n) is 4.02. The van der Waals surface area contributed by atoms with Gasteiger partial charge in [-0.15, -0.1) is 0 Å². The fraction of sp³-hybridized carbons (Fsp3) is 0.0769. The van der Waals surface area contributed by atoms with Gasteiger partial charge in [0.05, 0.1) is 11.3 Å². The molecule has 0 bridgehead atoms. The number of hydrogen-bond donors (Lipinski definition) is 0. The third kappa shape index (κ3) is 1.93. The van der Waals surface area contributed by atoms with Crippen molar-refractivity contribution in [3.05, 3.63) is 48.4 Å². The van der Waals surface area contributed by atoms with Crippen LogP contribution in [-0.4, -0.2) is 30.8 Å². The average molecular weight is 253 g/mol. The van der Waals surface area contributed by atoms with Crippen LogP contribution in [0.25, 0.3) is 17.2 Å². The fourth-order valence-electron chi connectivity index (χ4n) is 1.89. The standard InChI is InChI=1S/C13H11N5O/c1-17-11(5-7-15-17)13-10(9-19)8-18(16-13)12-4-2-3-6-14-12/h2-9H,1H3. The van der Waals surface area contributed by atoms with Crippen molar-refractivity contribution in [2.75, 3.05) is 0 Å². The largest absolute Gasteiger partial charge is 0.298 e. The highest BCUT2D eigenvalue weighted by Crippen LogP contribution is 2.21. The van der Waals surface area contributed by atoms with E-state index >= 15 is 0 Å². The lowest BCUT2D eigenvalue weighted by Crippen LogP contribution is -1.99. The first kappa shape index (κ1) is 11.3. The van der Waals surface area contributed by atoms with Crippen LogP contribution in [0.5, 0.6) is 0 Å². The molecule has 0 aliphatic heterocycles. The Morgan fingerprint density at radius 1 is 1.21 bits per heavy atom. The molecule has 0 N–H and O–H groups in total. The Balaban J connectivity index is 2.15. The number of aldehydes is 1. The van der Waals surface area contributed by atoms with Gasteiger partial charge in [-0.05, 0) is 18.2 Å². The quantitative estimate of drug-likeness (QED) is 0.663. The Kier molecular flexibility index (Phi) is 2.68. The second kappa shape index (κ2) is 4.49. The van der Waals surface area contributed by atoms with Crippen LogP contribution >= 0.6 is 0 Å². The molecule has 6 nitrogen and oxygen atoms in total. The number of aromatic nitrogens is 5. The molecule has 6 heteroatoms. The predicted molar refractivity (Wildman–Crippen MR) is 68.9 cm³/mol. The molecule has 3 rings (SSSR count). The third-order valence-electron chi connectivity index (χ3n) is 2.82. The topological polar surface area (TPSA) is 65.6 Å². The smallest absolute Gasteiger partial charge is 0.153 e. The van der Waals surface area contributed by atoms with Gasteiger partial charge in [-0.25, -0.2) is 9.67 Å². The molecule has 0 aliphatic rings. The predicted octanol–water partition coefficient (Wildman–Crippen LogP) is 1.48. The highest BCUT2D eigenvalue weighted by atomic mass is 16.1. The number of aryl methyl sites for hydroxylation is 1. The van der Waals surface area contributed by atoms with Crippen molar-refractivity contribution in [3.63, 3.8) is 0 Å². The lowest BCUT2D eigenvalue weighted by molar-refractivity contribution is 0.112. The van der Waals surface area contributed by atoms with Gasteiger partial charge in [-0.2, -0.15) is 10.2 Å². The first-order valence-corrected chi connectivity index (χ1v) is 5.74. The Morgan fingerprint density at radius 2 is 2.11 bits per heavy atom. The van der Waals surface area contributed by atoms with Crippen LogP contribution in [0.2, 0.25) is 0 Å². The van der Waals surface area contributed by atoms with Crippen LogP contribution in [-0.2, 0) is 7.05 Å². The molecule has 0 spiro atoms. The van der Waals surface area contributed by atoms with E-state index in [1.165, 1.54) is 0 Å². The van der Waals surface area contributed by atoms with Gasteiger partial charge in [0, 0.05) is 25.6 Å². The van der Waals surface area contributed by atoms with E-state index in [1.807, 2.05) is 31.3 Å². The van der Waals surface area contributed by atoms with Gasteiger partial charge in [0.15, 0.2) is 12.1 Å². The number of carbonyl (C=O) groups is 1. The van der Waals surface area contributed by atoms with Gasteiger partial charge in [0.2, 0.25) is 0 Å². The molecule has 0 radical (unpaired) electrons. The first-order chi connectivity index (χ1) is 9.29. The molecular formula is C13H11N5O. The van der Waals surface area contributed by atoms with Crippen LogP contribution in [0.4, 0.5) is 0 Å². The molecule has 0 atom stereocenters. The average Bonchev–Trinajstić information content (AvgIpc) is 3.05. The molecule has 3 aromatic rings. The molecule has 3 heterocycles. The monoisotopic (exact) mass is 253 g/mol. The van der Waals surface area contributed by atoms with E-state index in [9.17, 15) is 4.79 Å². The third-order valence-corrected chi connectivity index (χ3v) is 2.82. The summed E-state index contributed by atoms with van der Waals surface area (Å²) in [6, 6.07) is 7.34. The number of nitrogens with zero attached hydrogens (tertiary/aromatic N) is 5. The Hall–Kier alpha value is -2.76. The number of hydrogen-bond acceptors (Lipinski definition) is 4. The van der Waals surface area contributed by atoms with Gasteiger partial charge in [-0.3, -0.25) is 9.48 Å². The summed E-state index contributed by atoms with van der Waals surface area (Å²) in [4.78, 5) is 15.4. The van der Waals surface area contributed by atoms with E-state index in [1.54, 1.807) is 28.0 Å². The zero-order chi connectivity index (χ0) is 13.2. The van der Waals surface area contributed by atoms with E-state index in [2.05, 4.69) is 15.2 Å². The van der Waals surface area contributed by atoms with Crippen LogP contribution < -0.4 is 0 Å². The van der Waals surface area contributed by atoms with Crippen LogP contribution in [0.1, 0.15) is 10.4 Å². The van der Waals surface area contributed by atoms with Crippen LogP contribution in [0, 0.1) is 0 Å². The molecule has 0 amide bonds. The summed E-state index contributed by atoms with van der Waals surface area (Å²) in [6.45, 7) is 0. The van der Waals surface area contributed by atoms with Gasteiger partial charge in [0.1, 0.15) is 5.69 Å². The second-order valence-corrected chi connectivity index (χ2v) is 4.02. The van der Waals surface area contributed by atoms with E-state index < -0.39 is 0 Å². The van der Waals surface area contributed by atoms with Crippen molar-refractivity contribution >= 4 is 6.29 Å². The maximum Gasteiger partial charge on any atom is 0.153 e. The highest BCUT2D eigenvalue weighted by molar-refractivity contribution is 5.84. The summed E-state index contributed by atoms with van der Waals surface area (Å²) in [5.41, 5.74) is 1.90. The Morgan fingerprint density at radius 3 is 2.74 bits per heavy atom. The fourth-order valence-corrected chi connectivity index (χ4v) is 1.89. The molecule has 0 fully saturated rings. The Labute approximate surface area is 109 Å². The van der Waals surface area contributed by atoms with Crippen LogP contribution in [0.15, 0.2) is 42.9 Å². The molecule has 0 saturated heterocycles. The summed E-state index contributed by atoms with van der Waals surface area (Å²) >= 11 is 0. The van der Waals surface area contributed by atoms with Crippen molar-refractivity contribution in [3.8, 4) is 17.2 Å². The zero-order valence-electron chi connectivity index (χ0n) is 10.3. The van der Waals surface area contributed by atoms with E-state index in [0.29, 0.717) is 17.1 Å². The summed E-state index contributed by atoms with van der Waals surface area (Å²) in [7, 11) is 1.81. The minimum atomic E-state index is 0.509.